The van der Waals surface area contributed by atoms with Crippen molar-refractivity contribution in [3.05, 3.63) is 59.9 Å². The van der Waals surface area contributed by atoms with Crippen LogP contribution in [-0.4, -0.2) is 28.7 Å². The molecule has 0 bridgehead atoms. The van der Waals surface area contributed by atoms with Gasteiger partial charge in [0.25, 0.3) is 0 Å². The van der Waals surface area contributed by atoms with Gasteiger partial charge in [0.1, 0.15) is 12.1 Å². The Balaban J connectivity index is 1.68. The molecule has 0 aliphatic rings. The van der Waals surface area contributed by atoms with Gasteiger partial charge in [-0.25, -0.2) is 9.78 Å². The zero-order valence-corrected chi connectivity index (χ0v) is 17.1. The molecule has 7 nitrogen and oxygen atoms in total. The molecule has 1 amide bonds. The number of nitrogens with zero attached hydrogens (tertiary/aromatic N) is 2. The Morgan fingerprint density at radius 3 is 2.48 bits per heavy atom. The first-order valence-electron chi connectivity index (χ1n) is 9.33. The highest BCUT2D eigenvalue weighted by Crippen LogP contribution is 2.25. The van der Waals surface area contributed by atoms with E-state index in [4.69, 9.17) is 4.74 Å². The summed E-state index contributed by atoms with van der Waals surface area (Å²) in [6.45, 7) is 6.98. The molecule has 2 aromatic carbocycles. The SMILES string of the molecule is COC(=O)Oc1cccc2ncn(CC(=O)NCc3ccc(C(C)(C)C)cc3)c12. The molecule has 0 atom stereocenters. The van der Waals surface area contributed by atoms with Crippen molar-refractivity contribution in [3.8, 4) is 5.75 Å². The van der Waals surface area contributed by atoms with Gasteiger partial charge in [0.15, 0.2) is 5.75 Å². The molecule has 7 heteroatoms. The summed E-state index contributed by atoms with van der Waals surface area (Å²) >= 11 is 0. The van der Waals surface area contributed by atoms with E-state index in [1.165, 1.54) is 12.7 Å². The third-order valence-electron chi connectivity index (χ3n) is 4.58. The van der Waals surface area contributed by atoms with Gasteiger partial charge in [0.2, 0.25) is 5.91 Å². The second kappa shape index (κ2) is 8.34. The second-order valence-corrected chi connectivity index (χ2v) is 7.78. The van der Waals surface area contributed by atoms with Crippen LogP contribution in [0.2, 0.25) is 0 Å². The number of rotatable bonds is 5. The Labute approximate surface area is 169 Å². The zero-order chi connectivity index (χ0) is 21.0. The summed E-state index contributed by atoms with van der Waals surface area (Å²) in [5.41, 5.74) is 3.54. The van der Waals surface area contributed by atoms with Crippen LogP contribution in [0.1, 0.15) is 31.9 Å². The molecule has 0 saturated carbocycles. The van der Waals surface area contributed by atoms with Gasteiger partial charge in [-0.05, 0) is 28.7 Å². The molecule has 1 aromatic heterocycles. The molecule has 0 spiro atoms. The van der Waals surface area contributed by atoms with Crippen molar-refractivity contribution < 1.29 is 19.1 Å². The summed E-state index contributed by atoms with van der Waals surface area (Å²) in [6.07, 6.45) is 0.723. The fourth-order valence-electron chi connectivity index (χ4n) is 2.96. The maximum absolute atomic E-state index is 12.5. The summed E-state index contributed by atoms with van der Waals surface area (Å²) in [6, 6.07) is 13.4. The largest absolute Gasteiger partial charge is 0.513 e. The first-order valence-corrected chi connectivity index (χ1v) is 9.33. The smallest absolute Gasteiger partial charge is 0.437 e. The number of ether oxygens (including phenoxy) is 2. The van der Waals surface area contributed by atoms with Gasteiger partial charge in [-0.3, -0.25) is 4.79 Å². The van der Waals surface area contributed by atoms with E-state index in [-0.39, 0.29) is 23.6 Å². The maximum atomic E-state index is 12.5. The summed E-state index contributed by atoms with van der Waals surface area (Å²) in [5.74, 6) is 0.120. The van der Waals surface area contributed by atoms with Gasteiger partial charge >= 0.3 is 6.16 Å². The number of carbonyl (C=O) groups excluding carboxylic acids is 2. The van der Waals surface area contributed by atoms with Crippen molar-refractivity contribution in [2.24, 2.45) is 0 Å². The van der Waals surface area contributed by atoms with E-state index in [0.717, 1.165) is 5.56 Å². The van der Waals surface area contributed by atoms with Crippen molar-refractivity contribution >= 4 is 23.1 Å². The van der Waals surface area contributed by atoms with Crippen LogP contribution in [0.4, 0.5) is 4.79 Å². The molecule has 1 N–H and O–H groups in total. The highest BCUT2D eigenvalue weighted by atomic mass is 16.7. The molecule has 1 heterocycles. The van der Waals surface area contributed by atoms with Crippen molar-refractivity contribution in [1.82, 2.24) is 14.9 Å². The average Bonchev–Trinajstić information content (AvgIpc) is 3.09. The molecule has 0 unspecified atom stereocenters. The zero-order valence-electron chi connectivity index (χ0n) is 17.1. The number of hydrogen-bond donors (Lipinski definition) is 1. The number of carbonyl (C=O) groups is 2. The second-order valence-electron chi connectivity index (χ2n) is 7.78. The third-order valence-corrected chi connectivity index (χ3v) is 4.58. The quantitative estimate of drug-likeness (QED) is 0.525. The van der Waals surface area contributed by atoms with Gasteiger partial charge < -0.3 is 19.4 Å². The van der Waals surface area contributed by atoms with Crippen molar-refractivity contribution in [3.63, 3.8) is 0 Å². The molecule has 0 aliphatic heterocycles. The molecule has 3 aromatic rings. The van der Waals surface area contributed by atoms with Crippen LogP contribution in [0.25, 0.3) is 11.0 Å². The number of amides is 1. The normalized spacial score (nSPS) is 11.3. The van der Waals surface area contributed by atoms with Crippen LogP contribution in [0.3, 0.4) is 0 Å². The summed E-state index contributed by atoms with van der Waals surface area (Å²) in [5, 5.41) is 2.91. The molecule has 152 valence electrons. The Morgan fingerprint density at radius 2 is 1.83 bits per heavy atom. The van der Waals surface area contributed by atoms with Crippen LogP contribution < -0.4 is 10.1 Å². The minimum Gasteiger partial charge on any atom is -0.437 e. The van der Waals surface area contributed by atoms with Crippen molar-refractivity contribution in [2.75, 3.05) is 7.11 Å². The summed E-state index contributed by atoms with van der Waals surface area (Å²) < 4.78 is 11.4. The lowest BCUT2D eigenvalue weighted by atomic mass is 9.87. The molecule has 29 heavy (non-hydrogen) atoms. The highest BCUT2D eigenvalue weighted by Gasteiger charge is 2.15. The number of benzene rings is 2. The van der Waals surface area contributed by atoms with Gasteiger partial charge in [-0.1, -0.05) is 51.1 Å². The van der Waals surface area contributed by atoms with E-state index < -0.39 is 6.16 Å². The number of aromatic nitrogens is 2. The van der Waals surface area contributed by atoms with Gasteiger partial charge in [0.05, 0.1) is 19.0 Å². The van der Waals surface area contributed by atoms with Crippen molar-refractivity contribution in [1.29, 1.82) is 0 Å². The predicted molar refractivity (Wildman–Crippen MR) is 110 cm³/mol. The van der Waals surface area contributed by atoms with Gasteiger partial charge in [0, 0.05) is 6.54 Å². The standard InChI is InChI=1S/C22H25N3O4/c1-22(2,3)16-10-8-15(9-11-16)12-23-19(26)13-25-14-24-17-6-5-7-18(20(17)25)29-21(27)28-4/h5-11,14H,12-13H2,1-4H3,(H,23,26). The van der Waals surface area contributed by atoms with E-state index in [0.29, 0.717) is 17.6 Å². The molecular formula is C22H25N3O4. The number of nitrogens with one attached hydrogen (secondary N) is 1. The van der Waals surface area contributed by atoms with E-state index in [2.05, 4.69) is 47.9 Å². The van der Waals surface area contributed by atoms with Crippen LogP contribution in [-0.2, 0) is 28.0 Å². The fourth-order valence-corrected chi connectivity index (χ4v) is 2.96. The number of methoxy groups -OCH3 is 1. The number of fused-ring (bicyclic) bond motifs is 1. The van der Waals surface area contributed by atoms with E-state index in [9.17, 15) is 9.59 Å². The lowest BCUT2D eigenvalue weighted by Gasteiger charge is -2.19. The molecule has 0 aliphatic carbocycles. The first kappa shape index (κ1) is 20.4. The lowest BCUT2D eigenvalue weighted by molar-refractivity contribution is -0.121. The molecule has 3 rings (SSSR count). The molecular weight excluding hydrogens is 370 g/mol. The highest BCUT2D eigenvalue weighted by molar-refractivity contribution is 5.86. The van der Waals surface area contributed by atoms with Crippen LogP contribution in [0.15, 0.2) is 48.8 Å². The lowest BCUT2D eigenvalue weighted by Crippen LogP contribution is -2.27. The fraction of sp³-hybridized carbons (Fsp3) is 0.318. The van der Waals surface area contributed by atoms with E-state index in [1.54, 1.807) is 29.1 Å². The number of para-hydroxylation sites is 1. The third kappa shape index (κ3) is 4.93. The van der Waals surface area contributed by atoms with Gasteiger partial charge in [-0.2, -0.15) is 0 Å². The Morgan fingerprint density at radius 1 is 1.10 bits per heavy atom. The van der Waals surface area contributed by atoms with E-state index >= 15 is 0 Å². The van der Waals surface area contributed by atoms with E-state index in [1.807, 2.05) is 12.1 Å². The van der Waals surface area contributed by atoms with Crippen LogP contribution >= 0.6 is 0 Å². The molecule has 0 fully saturated rings. The first-order chi connectivity index (χ1) is 13.8. The average molecular weight is 395 g/mol. The predicted octanol–water partition coefficient (Wildman–Crippen LogP) is 3.80. The summed E-state index contributed by atoms with van der Waals surface area (Å²) in [7, 11) is 1.24. The minimum absolute atomic E-state index is 0.0537. The van der Waals surface area contributed by atoms with Crippen LogP contribution in [0.5, 0.6) is 5.75 Å². The molecule has 0 radical (unpaired) electrons. The Kier molecular flexibility index (Phi) is 5.87. The Hall–Kier alpha value is -3.35. The summed E-state index contributed by atoms with van der Waals surface area (Å²) in [4.78, 5) is 28.2. The van der Waals surface area contributed by atoms with Crippen molar-refractivity contribution in [2.45, 2.75) is 39.3 Å². The number of imidazole rings is 1. The number of hydrogen-bond acceptors (Lipinski definition) is 5. The van der Waals surface area contributed by atoms with Crippen LogP contribution in [0, 0.1) is 0 Å². The Bertz CT molecular complexity index is 1020. The topological polar surface area (TPSA) is 82.5 Å². The molecule has 0 saturated heterocycles. The monoisotopic (exact) mass is 395 g/mol. The maximum Gasteiger partial charge on any atom is 0.513 e. The minimum atomic E-state index is -0.826. The van der Waals surface area contributed by atoms with Gasteiger partial charge in [-0.15, -0.1) is 0 Å².